The summed E-state index contributed by atoms with van der Waals surface area (Å²) in [7, 11) is 0. The minimum Gasteiger partial charge on any atom is -0.491 e. The van der Waals surface area contributed by atoms with Crippen LogP contribution < -0.4 is 14.8 Å². The van der Waals surface area contributed by atoms with Crippen LogP contribution in [-0.2, 0) is 22.6 Å². The van der Waals surface area contributed by atoms with E-state index in [1.165, 1.54) is 30.3 Å². The number of para-hydroxylation sites is 1. The number of nitrogens with one attached hydrogen (secondary N) is 1. The number of aromatic nitrogens is 1. The number of halogens is 1. The van der Waals surface area contributed by atoms with Gasteiger partial charge >= 0.3 is 0 Å². The van der Waals surface area contributed by atoms with Crippen molar-refractivity contribution in [3.63, 3.8) is 0 Å². The van der Waals surface area contributed by atoms with Crippen LogP contribution in [0.1, 0.15) is 41.1 Å². The fourth-order valence-electron chi connectivity index (χ4n) is 4.75. The van der Waals surface area contributed by atoms with E-state index in [0.29, 0.717) is 37.6 Å². The Bertz CT molecular complexity index is 1260. The van der Waals surface area contributed by atoms with Gasteiger partial charge in [0.25, 0.3) is 11.8 Å². The van der Waals surface area contributed by atoms with Gasteiger partial charge in [0.1, 0.15) is 30.5 Å². The van der Waals surface area contributed by atoms with E-state index in [-0.39, 0.29) is 43.1 Å². The number of carbonyl (C=O) groups is 2. The van der Waals surface area contributed by atoms with Crippen molar-refractivity contribution in [1.82, 2.24) is 15.4 Å². The summed E-state index contributed by atoms with van der Waals surface area (Å²) in [6, 6.07) is 15.1. The van der Waals surface area contributed by atoms with E-state index in [9.17, 15) is 14.0 Å². The molecule has 1 spiro atoms. The predicted molar refractivity (Wildman–Crippen MR) is 134 cm³/mol. The standard InChI is InChI=1S/C28H30FN3O6/c29-21-8-10-22(11-9-21)36-18-23-17-24(31-38-23)26(33)32-14-16-37-28(19-32)12-4-3-6-20-5-1-2-7-25(20)35-15-13-30-27(28)34/h1-2,5,7-11,17H,3-4,6,12-16,18-19H2,(H,30,34). The molecule has 0 bridgehead atoms. The minimum atomic E-state index is -1.15. The van der Waals surface area contributed by atoms with Gasteiger partial charge in [0.05, 0.1) is 19.7 Å². The number of rotatable bonds is 4. The number of benzene rings is 2. The lowest BCUT2D eigenvalue weighted by atomic mass is 9.91. The number of carbonyl (C=O) groups excluding carboxylic acids is 2. The highest BCUT2D eigenvalue weighted by Crippen LogP contribution is 2.28. The first kappa shape index (κ1) is 25.7. The van der Waals surface area contributed by atoms with Gasteiger partial charge < -0.3 is 29.0 Å². The molecule has 2 aromatic carbocycles. The molecular weight excluding hydrogens is 493 g/mol. The zero-order chi connectivity index (χ0) is 26.4. The van der Waals surface area contributed by atoms with Crippen molar-refractivity contribution in [2.75, 3.05) is 32.8 Å². The minimum absolute atomic E-state index is 0.0343. The fourth-order valence-corrected chi connectivity index (χ4v) is 4.75. The predicted octanol–water partition coefficient (Wildman–Crippen LogP) is 3.53. The van der Waals surface area contributed by atoms with Crippen molar-refractivity contribution < 1.29 is 32.7 Å². The summed E-state index contributed by atoms with van der Waals surface area (Å²) in [5, 5.41) is 6.84. The van der Waals surface area contributed by atoms with E-state index in [4.69, 9.17) is 18.7 Å². The van der Waals surface area contributed by atoms with Gasteiger partial charge in [0.2, 0.25) is 0 Å². The van der Waals surface area contributed by atoms with Crippen LogP contribution in [0.25, 0.3) is 0 Å². The van der Waals surface area contributed by atoms with E-state index in [1.807, 2.05) is 18.2 Å². The van der Waals surface area contributed by atoms with Crippen molar-refractivity contribution in [2.24, 2.45) is 0 Å². The number of morpholine rings is 1. The van der Waals surface area contributed by atoms with Crippen LogP contribution in [0.2, 0.25) is 0 Å². The van der Waals surface area contributed by atoms with Crippen molar-refractivity contribution in [2.45, 2.75) is 37.9 Å². The van der Waals surface area contributed by atoms with Gasteiger partial charge in [-0.1, -0.05) is 23.4 Å². The molecule has 0 radical (unpaired) electrons. The Morgan fingerprint density at radius 1 is 1.13 bits per heavy atom. The second-order valence-corrected chi connectivity index (χ2v) is 9.41. The largest absolute Gasteiger partial charge is 0.491 e. The second-order valence-electron chi connectivity index (χ2n) is 9.41. The maximum Gasteiger partial charge on any atom is 0.276 e. The first-order chi connectivity index (χ1) is 18.5. The van der Waals surface area contributed by atoms with Crippen LogP contribution in [0, 0.1) is 5.82 Å². The SMILES string of the molecule is O=C(c1cc(COc2ccc(F)cc2)on1)N1CCOC2(CCCCc3ccccc3OCCNC2=O)C1. The molecule has 1 atom stereocenters. The molecule has 2 aliphatic rings. The van der Waals surface area contributed by atoms with Crippen molar-refractivity contribution >= 4 is 11.8 Å². The molecule has 10 heteroatoms. The normalized spacial score (nSPS) is 20.4. The first-order valence-electron chi connectivity index (χ1n) is 12.8. The van der Waals surface area contributed by atoms with Gasteiger partial charge in [-0.15, -0.1) is 0 Å². The summed E-state index contributed by atoms with van der Waals surface area (Å²) in [4.78, 5) is 28.2. The zero-order valence-electron chi connectivity index (χ0n) is 21.0. The number of hydrogen-bond acceptors (Lipinski definition) is 7. The zero-order valence-corrected chi connectivity index (χ0v) is 21.0. The summed E-state index contributed by atoms with van der Waals surface area (Å²) in [6.07, 6.45) is 2.92. The van der Waals surface area contributed by atoms with E-state index in [1.54, 1.807) is 4.90 Å². The molecular formula is C28H30FN3O6. The molecule has 0 saturated carbocycles. The molecule has 9 nitrogen and oxygen atoms in total. The van der Waals surface area contributed by atoms with Gasteiger partial charge in [-0.3, -0.25) is 9.59 Å². The quantitative estimate of drug-likeness (QED) is 0.558. The maximum absolute atomic E-state index is 13.3. The van der Waals surface area contributed by atoms with Gasteiger partial charge in [0, 0.05) is 12.6 Å². The van der Waals surface area contributed by atoms with Crippen LogP contribution in [0.3, 0.4) is 0 Å². The lowest BCUT2D eigenvalue weighted by Crippen LogP contribution is -2.61. The molecule has 2 aliphatic heterocycles. The Balaban J connectivity index is 1.23. The Kier molecular flexibility index (Phi) is 7.88. The van der Waals surface area contributed by atoms with E-state index < -0.39 is 5.60 Å². The first-order valence-corrected chi connectivity index (χ1v) is 12.8. The third kappa shape index (κ3) is 5.96. The summed E-state index contributed by atoms with van der Waals surface area (Å²) in [5.41, 5.74) is 0.114. The van der Waals surface area contributed by atoms with Crippen LogP contribution >= 0.6 is 0 Å². The molecule has 200 valence electrons. The fraction of sp³-hybridized carbons (Fsp3) is 0.393. The summed E-state index contributed by atoms with van der Waals surface area (Å²) in [6.45, 7) is 1.38. The highest BCUT2D eigenvalue weighted by Gasteiger charge is 2.45. The Labute approximate surface area is 219 Å². The van der Waals surface area contributed by atoms with Gasteiger partial charge in [-0.05, 0) is 61.6 Å². The van der Waals surface area contributed by atoms with Crippen molar-refractivity contribution in [3.8, 4) is 11.5 Å². The van der Waals surface area contributed by atoms with Crippen LogP contribution in [0.15, 0.2) is 59.1 Å². The smallest absolute Gasteiger partial charge is 0.276 e. The second kappa shape index (κ2) is 11.6. The lowest BCUT2D eigenvalue weighted by molar-refractivity contribution is -0.159. The number of fused-ring (bicyclic) bond motifs is 1. The number of nitrogens with zero attached hydrogens (tertiary/aromatic N) is 2. The lowest BCUT2D eigenvalue weighted by Gasteiger charge is -2.41. The Hall–Kier alpha value is -3.92. The van der Waals surface area contributed by atoms with Gasteiger partial charge in [-0.25, -0.2) is 4.39 Å². The molecule has 38 heavy (non-hydrogen) atoms. The molecule has 5 rings (SSSR count). The molecule has 1 aromatic heterocycles. The van der Waals surface area contributed by atoms with E-state index in [0.717, 1.165) is 30.6 Å². The average molecular weight is 524 g/mol. The van der Waals surface area contributed by atoms with Crippen LogP contribution in [0.4, 0.5) is 4.39 Å². The van der Waals surface area contributed by atoms with Crippen LogP contribution in [0.5, 0.6) is 11.5 Å². The number of hydrogen-bond donors (Lipinski definition) is 1. The summed E-state index contributed by atoms with van der Waals surface area (Å²) >= 11 is 0. The van der Waals surface area contributed by atoms with E-state index >= 15 is 0 Å². The van der Waals surface area contributed by atoms with E-state index in [2.05, 4.69) is 16.5 Å². The average Bonchev–Trinajstić information content (AvgIpc) is 3.42. The van der Waals surface area contributed by atoms with Gasteiger partial charge in [0.15, 0.2) is 17.1 Å². The third-order valence-corrected chi connectivity index (χ3v) is 6.75. The van der Waals surface area contributed by atoms with Crippen LogP contribution in [-0.4, -0.2) is 60.3 Å². The number of aryl methyl sites for hydroxylation is 1. The highest BCUT2D eigenvalue weighted by atomic mass is 19.1. The maximum atomic E-state index is 13.3. The molecule has 1 saturated heterocycles. The summed E-state index contributed by atoms with van der Waals surface area (Å²) in [5.74, 6) is 0.708. The molecule has 3 aromatic rings. The monoisotopic (exact) mass is 523 g/mol. The molecule has 1 N–H and O–H groups in total. The van der Waals surface area contributed by atoms with Gasteiger partial charge in [-0.2, -0.15) is 0 Å². The molecule has 1 unspecified atom stereocenters. The van der Waals surface area contributed by atoms with Crippen molar-refractivity contribution in [3.05, 3.63) is 77.4 Å². The number of ether oxygens (including phenoxy) is 3. The third-order valence-electron chi connectivity index (χ3n) is 6.75. The number of amides is 2. The highest BCUT2D eigenvalue weighted by molar-refractivity contribution is 5.93. The van der Waals surface area contributed by atoms with Crippen molar-refractivity contribution in [1.29, 1.82) is 0 Å². The molecule has 1 fully saturated rings. The summed E-state index contributed by atoms with van der Waals surface area (Å²) < 4.78 is 35.9. The Morgan fingerprint density at radius 3 is 2.84 bits per heavy atom. The molecule has 0 aliphatic carbocycles. The topological polar surface area (TPSA) is 103 Å². The Morgan fingerprint density at radius 2 is 1.97 bits per heavy atom. The molecule has 3 heterocycles. The molecule has 2 amide bonds.